The van der Waals surface area contributed by atoms with Crippen LogP contribution in [0.1, 0.15) is 19.4 Å². The number of rotatable bonds is 7. The van der Waals surface area contributed by atoms with Crippen molar-refractivity contribution in [1.82, 2.24) is 5.32 Å². The lowest BCUT2D eigenvalue weighted by molar-refractivity contribution is 0.317. The van der Waals surface area contributed by atoms with E-state index in [1.54, 1.807) is 7.11 Å². The van der Waals surface area contributed by atoms with E-state index in [4.69, 9.17) is 21.1 Å². The van der Waals surface area contributed by atoms with Crippen LogP contribution in [0.4, 0.5) is 0 Å². The predicted octanol–water partition coefficient (Wildman–Crippen LogP) is 4.09. The van der Waals surface area contributed by atoms with Gasteiger partial charge in [-0.2, -0.15) is 0 Å². The van der Waals surface area contributed by atoms with Gasteiger partial charge >= 0.3 is 0 Å². The second-order valence-electron chi connectivity index (χ2n) is 4.13. The molecule has 0 unspecified atom stereocenters. The Morgan fingerprint density at radius 1 is 1.47 bits per heavy atom. The molecule has 5 heteroatoms. The van der Waals surface area contributed by atoms with Crippen molar-refractivity contribution in [2.45, 2.75) is 20.4 Å². The second-order valence-corrected chi connectivity index (χ2v) is 5.21. The Hall–Kier alpha value is -0.710. The highest BCUT2D eigenvalue weighted by Crippen LogP contribution is 2.36. The van der Waals surface area contributed by atoms with Crippen molar-refractivity contribution >= 4 is 27.5 Å². The molecule has 0 radical (unpaired) electrons. The van der Waals surface area contributed by atoms with Crippen molar-refractivity contribution in [3.63, 3.8) is 0 Å². The summed E-state index contributed by atoms with van der Waals surface area (Å²) in [4.78, 5) is 0. The quantitative estimate of drug-likeness (QED) is 0.805. The lowest BCUT2D eigenvalue weighted by Gasteiger charge is -2.14. The largest absolute Gasteiger partial charge is 0.493 e. The van der Waals surface area contributed by atoms with Crippen molar-refractivity contribution in [1.29, 1.82) is 0 Å². The van der Waals surface area contributed by atoms with Crippen LogP contribution in [0.3, 0.4) is 0 Å². The molecule has 0 atom stereocenters. The first kappa shape index (κ1) is 16.3. The summed E-state index contributed by atoms with van der Waals surface area (Å²) in [5.41, 5.74) is 3.61. The smallest absolute Gasteiger partial charge is 0.175 e. The number of ether oxygens (including phenoxy) is 2. The number of halogens is 2. The minimum atomic E-state index is 0.436. The summed E-state index contributed by atoms with van der Waals surface area (Å²) in [7, 11) is 1.63. The van der Waals surface area contributed by atoms with E-state index in [0.29, 0.717) is 18.1 Å². The molecule has 0 aromatic heterocycles. The summed E-state index contributed by atoms with van der Waals surface area (Å²) in [6, 6.07) is 4.00. The van der Waals surface area contributed by atoms with Crippen LogP contribution < -0.4 is 14.8 Å². The average Bonchev–Trinajstić information content (AvgIpc) is 2.42. The monoisotopic (exact) mass is 347 g/mol. The predicted molar refractivity (Wildman–Crippen MR) is 83.2 cm³/mol. The van der Waals surface area contributed by atoms with Crippen LogP contribution in [0.5, 0.6) is 11.5 Å². The lowest BCUT2D eigenvalue weighted by Crippen LogP contribution is -2.12. The normalized spacial score (nSPS) is 11.5. The molecular weight excluding hydrogens is 330 g/mol. The number of benzene rings is 1. The Bertz CT molecular complexity index is 449. The number of methoxy groups -OCH3 is 1. The lowest BCUT2D eigenvalue weighted by atomic mass is 10.2. The fourth-order valence-corrected chi connectivity index (χ4v) is 2.17. The van der Waals surface area contributed by atoms with Gasteiger partial charge in [-0.3, -0.25) is 0 Å². The first-order chi connectivity index (χ1) is 9.12. The van der Waals surface area contributed by atoms with Crippen LogP contribution in [0.25, 0.3) is 0 Å². The van der Waals surface area contributed by atoms with Gasteiger partial charge in [0.15, 0.2) is 11.5 Å². The SMILES string of the molecule is CCNCc1cc(Br)c(OC/C(C)=C/Cl)c(OC)c1. The topological polar surface area (TPSA) is 30.5 Å². The third-order valence-electron chi connectivity index (χ3n) is 2.50. The molecule has 0 aliphatic carbocycles. The highest BCUT2D eigenvalue weighted by molar-refractivity contribution is 9.10. The molecular formula is C14H19BrClNO2. The van der Waals surface area contributed by atoms with Crippen LogP contribution >= 0.6 is 27.5 Å². The summed E-state index contributed by atoms with van der Waals surface area (Å²) in [6.07, 6.45) is 0. The van der Waals surface area contributed by atoms with Crippen LogP contribution in [-0.4, -0.2) is 20.3 Å². The molecule has 0 saturated carbocycles. The van der Waals surface area contributed by atoms with Gasteiger partial charge in [0.05, 0.1) is 11.6 Å². The molecule has 19 heavy (non-hydrogen) atoms. The molecule has 0 saturated heterocycles. The van der Waals surface area contributed by atoms with Gasteiger partial charge < -0.3 is 14.8 Å². The standard InChI is InChI=1S/C14H19BrClNO2/c1-4-17-8-11-5-12(15)14(13(6-11)18-3)19-9-10(2)7-16/h5-7,17H,4,8-9H2,1-3H3/b10-7+. The van der Waals surface area contributed by atoms with Crippen LogP contribution in [0.15, 0.2) is 27.7 Å². The Kier molecular flexibility index (Phi) is 7.28. The van der Waals surface area contributed by atoms with Gasteiger partial charge in [0.1, 0.15) is 6.61 Å². The number of nitrogens with one attached hydrogen (secondary N) is 1. The van der Waals surface area contributed by atoms with Crippen molar-refractivity contribution in [3.05, 3.63) is 33.3 Å². The van der Waals surface area contributed by atoms with Gasteiger partial charge in [0.25, 0.3) is 0 Å². The molecule has 0 aliphatic heterocycles. The summed E-state index contributed by atoms with van der Waals surface area (Å²) in [6.45, 7) is 6.15. The van der Waals surface area contributed by atoms with Crippen molar-refractivity contribution in [2.75, 3.05) is 20.3 Å². The summed E-state index contributed by atoms with van der Waals surface area (Å²) in [5.74, 6) is 1.41. The molecule has 0 aliphatic rings. The van der Waals surface area contributed by atoms with Crippen molar-refractivity contribution in [3.8, 4) is 11.5 Å². The molecule has 0 amide bonds. The molecule has 0 spiro atoms. The number of hydrogen-bond donors (Lipinski definition) is 1. The molecule has 1 rings (SSSR count). The highest BCUT2D eigenvalue weighted by atomic mass is 79.9. The van der Waals surface area contributed by atoms with Crippen molar-refractivity contribution in [2.24, 2.45) is 0 Å². The average molecular weight is 349 g/mol. The summed E-state index contributed by atoms with van der Waals surface area (Å²) >= 11 is 9.14. The summed E-state index contributed by atoms with van der Waals surface area (Å²) < 4.78 is 12.0. The first-order valence-electron chi connectivity index (χ1n) is 6.08. The molecule has 106 valence electrons. The summed E-state index contributed by atoms with van der Waals surface area (Å²) in [5, 5.41) is 3.28. The maximum atomic E-state index is 5.73. The first-order valence-corrected chi connectivity index (χ1v) is 7.31. The fourth-order valence-electron chi connectivity index (χ4n) is 1.50. The van der Waals surface area contributed by atoms with Gasteiger partial charge in [0.2, 0.25) is 0 Å². The van der Waals surface area contributed by atoms with E-state index in [1.165, 1.54) is 5.54 Å². The minimum absolute atomic E-state index is 0.436. The Morgan fingerprint density at radius 2 is 2.21 bits per heavy atom. The minimum Gasteiger partial charge on any atom is -0.493 e. The Balaban J connectivity index is 2.91. The Labute approximate surface area is 128 Å². The maximum Gasteiger partial charge on any atom is 0.175 e. The van der Waals surface area contributed by atoms with Gasteiger partial charge in [0, 0.05) is 12.1 Å². The zero-order chi connectivity index (χ0) is 14.3. The van der Waals surface area contributed by atoms with E-state index in [9.17, 15) is 0 Å². The zero-order valence-electron chi connectivity index (χ0n) is 11.4. The third-order valence-corrected chi connectivity index (χ3v) is 3.46. The van der Waals surface area contributed by atoms with Crippen LogP contribution in [0, 0.1) is 0 Å². The molecule has 0 fully saturated rings. The van der Waals surface area contributed by atoms with E-state index in [1.807, 2.05) is 19.1 Å². The van der Waals surface area contributed by atoms with Crippen LogP contribution in [-0.2, 0) is 6.54 Å². The fraction of sp³-hybridized carbons (Fsp3) is 0.429. The molecule has 1 aromatic carbocycles. The van der Waals surface area contributed by atoms with Gasteiger partial charge in [-0.05, 0) is 52.7 Å². The van der Waals surface area contributed by atoms with Crippen LogP contribution in [0.2, 0.25) is 0 Å². The maximum absolute atomic E-state index is 5.73. The van der Waals surface area contributed by atoms with E-state index >= 15 is 0 Å². The molecule has 0 heterocycles. The number of hydrogen-bond acceptors (Lipinski definition) is 3. The highest BCUT2D eigenvalue weighted by Gasteiger charge is 2.11. The van der Waals surface area contributed by atoms with Gasteiger partial charge in [-0.25, -0.2) is 0 Å². The Morgan fingerprint density at radius 3 is 2.79 bits per heavy atom. The second kappa shape index (κ2) is 8.46. The molecule has 3 nitrogen and oxygen atoms in total. The molecule has 0 bridgehead atoms. The van der Waals surface area contributed by atoms with E-state index in [-0.39, 0.29) is 0 Å². The van der Waals surface area contributed by atoms with E-state index < -0.39 is 0 Å². The van der Waals surface area contributed by atoms with Crippen molar-refractivity contribution < 1.29 is 9.47 Å². The van der Waals surface area contributed by atoms with E-state index in [2.05, 4.69) is 28.2 Å². The molecule has 1 N–H and O–H groups in total. The molecule has 1 aromatic rings. The van der Waals surface area contributed by atoms with Gasteiger partial charge in [-0.15, -0.1) is 0 Å². The third kappa shape index (κ3) is 5.05. The zero-order valence-corrected chi connectivity index (χ0v) is 13.8. The van der Waals surface area contributed by atoms with E-state index in [0.717, 1.165) is 28.7 Å². The van der Waals surface area contributed by atoms with Gasteiger partial charge in [-0.1, -0.05) is 18.5 Å².